The van der Waals surface area contributed by atoms with E-state index in [4.69, 9.17) is 12.2 Å². The molecule has 0 aliphatic heterocycles. The van der Waals surface area contributed by atoms with Gasteiger partial charge in [-0.15, -0.1) is 0 Å². The Balaban J connectivity index is 3.52. The molecule has 0 unspecified atom stereocenters. The minimum atomic E-state index is -1.39. The number of nitrogens with zero attached hydrogens (tertiary/aromatic N) is 2. The Morgan fingerprint density at radius 1 is 1.06 bits per heavy atom. The molecule has 92 valence electrons. The van der Waals surface area contributed by atoms with Gasteiger partial charge in [-0.2, -0.15) is 0 Å². The summed E-state index contributed by atoms with van der Waals surface area (Å²) in [4.78, 5) is 0. The molecule has 0 atom stereocenters. The molecule has 0 spiro atoms. The first-order valence-corrected chi connectivity index (χ1v) is 13.2. The molecule has 1 heterocycles. The van der Waals surface area contributed by atoms with Crippen molar-refractivity contribution >= 4 is 28.7 Å². The molecule has 0 bridgehead atoms. The highest BCUT2D eigenvalue weighted by Crippen LogP contribution is 2.18. The molecular formula is C11H24N2SSi2. The Labute approximate surface area is 106 Å². The van der Waals surface area contributed by atoms with Crippen LogP contribution >= 0.6 is 12.2 Å². The maximum Gasteiger partial charge on any atom is 0.163 e. The predicted molar refractivity (Wildman–Crippen MR) is 80.1 cm³/mol. The van der Waals surface area contributed by atoms with Crippen molar-refractivity contribution in [3.8, 4) is 0 Å². The molecule has 0 aliphatic rings. The lowest BCUT2D eigenvalue weighted by atomic mass is 10.4. The van der Waals surface area contributed by atoms with Gasteiger partial charge in [0.25, 0.3) is 0 Å². The highest BCUT2D eigenvalue weighted by molar-refractivity contribution is 7.71. The molecule has 1 rings (SSSR count). The Bertz CT molecular complexity index is 432. The largest absolute Gasteiger partial charge is 0.352 e. The maximum absolute atomic E-state index is 5.67. The van der Waals surface area contributed by atoms with E-state index >= 15 is 0 Å². The zero-order valence-electron chi connectivity index (χ0n) is 11.6. The van der Waals surface area contributed by atoms with E-state index in [1.165, 1.54) is 5.69 Å². The highest BCUT2D eigenvalue weighted by atomic mass is 32.1. The van der Waals surface area contributed by atoms with Crippen molar-refractivity contribution < 1.29 is 0 Å². The summed E-state index contributed by atoms with van der Waals surface area (Å²) >= 11 is 5.67. The monoisotopic (exact) mass is 272 g/mol. The lowest BCUT2D eigenvalue weighted by molar-refractivity contribution is 0.957. The zero-order chi connectivity index (χ0) is 12.7. The molecule has 0 aliphatic carbocycles. The van der Waals surface area contributed by atoms with Gasteiger partial charge in [-0.1, -0.05) is 46.2 Å². The third-order valence-electron chi connectivity index (χ3n) is 2.72. The van der Waals surface area contributed by atoms with Crippen molar-refractivity contribution in [3.63, 3.8) is 0 Å². The first-order chi connectivity index (χ1) is 7.09. The Kier molecular flexibility index (Phi) is 3.72. The van der Waals surface area contributed by atoms with Crippen LogP contribution in [0.1, 0.15) is 12.6 Å². The van der Waals surface area contributed by atoms with Crippen LogP contribution in [0.3, 0.4) is 0 Å². The number of aromatic nitrogens is 2. The second kappa shape index (κ2) is 4.27. The lowest BCUT2D eigenvalue weighted by Gasteiger charge is -2.22. The number of imidazole rings is 1. The molecule has 0 amide bonds. The lowest BCUT2D eigenvalue weighted by Crippen LogP contribution is -2.36. The van der Waals surface area contributed by atoms with Crippen LogP contribution in [-0.4, -0.2) is 24.9 Å². The van der Waals surface area contributed by atoms with Gasteiger partial charge in [-0.25, -0.2) is 0 Å². The smallest absolute Gasteiger partial charge is 0.163 e. The fourth-order valence-corrected chi connectivity index (χ4v) is 6.82. The summed E-state index contributed by atoms with van der Waals surface area (Å²) in [6, 6.07) is 0. The van der Waals surface area contributed by atoms with Gasteiger partial charge in [0.1, 0.15) is 0 Å². The van der Waals surface area contributed by atoms with Crippen LogP contribution in [-0.2, 0) is 6.42 Å². The molecule has 2 nitrogen and oxygen atoms in total. The summed E-state index contributed by atoms with van der Waals surface area (Å²) in [5.74, 6) is 0. The topological polar surface area (TPSA) is 9.86 Å². The number of hydrogen-bond donors (Lipinski definition) is 0. The molecule has 0 saturated carbocycles. The first kappa shape index (κ1) is 13.9. The fraction of sp³-hybridized carbons (Fsp3) is 0.727. The van der Waals surface area contributed by atoms with Crippen LogP contribution in [0.15, 0.2) is 6.20 Å². The predicted octanol–water partition coefficient (Wildman–Crippen LogP) is 3.95. The number of hydrogen-bond acceptors (Lipinski definition) is 1. The Morgan fingerprint density at radius 3 is 1.81 bits per heavy atom. The van der Waals surface area contributed by atoms with E-state index in [1.54, 1.807) is 0 Å². The van der Waals surface area contributed by atoms with E-state index in [0.717, 1.165) is 11.2 Å². The van der Waals surface area contributed by atoms with E-state index in [2.05, 4.69) is 60.9 Å². The van der Waals surface area contributed by atoms with E-state index in [9.17, 15) is 0 Å². The minimum absolute atomic E-state index is 1.05. The van der Waals surface area contributed by atoms with Gasteiger partial charge in [0.15, 0.2) is 21.2 Å². The third-order valence-corrected chi connectivity index (χ3v) is 7.05. The number of rotatable bonds is 3. The van der Waals surface area contributed by atoms with Gasteiger partial charge in [-0.05, 0) is 18.6 Å². The summed E-state index contributed by atoms with van der Waals surface area (Å²) in [6.45, 7) is 16.3. The van der Waals surface area contributed by atoms with Crippen LogP contribution in [0.4, 0.5) is 0 Å². The molecule has 0 saturated heterocycles. The summed E-state index contributed by atoms with van der Waals surface area (Å²) < 4.78 is 5.87. The molecule has 0 aromatic carbocycles. The molecule has 0 N–H and O–H groups in total. The minimum Gasteiger partial charge on any atom is -0.352 e. The quantitative estimate of drug-likeness (QED) is 0.598. The second-order valence-electron chi connectivity index (χ2n) is 6.30. The van der Waals surface area contributed by atoms with Crippen molar-refractivity contribution in [2.75, 3.05) is 0 Å². The standard InChI is InChI=1S/C11H24N2SSi2/c1-8-10-9-12(15(2,3)4)11(14)13(10)16(5,6)7/h9H,8H2,1-7H3. The van der Waals surface area contributed by atoms with Crippen molar-refractivity contribution in [1.82, 2.24) is 8.47 Å². The molecule has 0 radical (unpaired) electrons. The van der Waals surface area contributed by atoms with Gasteiger partial charge in [0, 0.05) is 11.9 Å². The average molecular weight is 273 g/mol. The van der Waals surface area contributed by atoms with Crippen molar-refractivity contribution in [3.05, 3.63) is 16.7 Å². The van der Waals surface area contributed by atoms with Crippen LogP contribution in [0.25, 0.3) is 0 Å². The van der Waals surface area contributed by atoms with Crippen molar-refractivity contribution in [1.29, 1.82) is 0 Å². The molecular weight excluding hydrogens is 248 g/mol. The molecule has 16 heavy (non-hydrogen) atoms. The SMILES string of the molecule is CCc1cn([Si](C)(C)C)c(=S)n1[Si](C)(C)C. The van der Waals surface area contributed by atoms with E-state index in [0.29, 0.717) is 0 Å². The van der Waals surface area contributed by atoms with Crippen LogP contribution < -0.4 is 0 Å². The zero-order valence-corrected chi connectivity index (χ0v) is 14.4. The highest BCUT2D eigenvalue weighted by Gasteiger charge is 2.26. The fourth-order valence-electron chi connectivity index (χ4n) is 1.94. The van der Waals surface area contributed by atoms with E-state index in [-0.39, 0.29) is 0 Å². The summed E-state index contributed by atoms with van der Waals surface area (Å²) in [7, 11) is -2.76. The summed E-state index contributed by atoms with van der Waals surface area (Å²) in [6.07, 6.45) is 3.37. The van der Waals surface area contributed by atoms with Crippen LogP contribution in [0.2, 0.25) is 39.3 Å². The maximum atomic E-state index is 5.67. The Morgan fingerprint density at radius 2 is 1.56 bits per heavy atom. The summed E-state index contributed by atoms with van der Waals surface area (Å²) in [5.41, 5.74) is 1.41. The molecule has 1 aromatic rings. The number of aryl methyl sites for hydroxylation is 1. The molecule has 0 fully saturated rings. The van der Waals surface area contributed by atoms with Gasteiger partial charge in [0.05, 0.1) is 0 Å². The van der Waals surface area contributed by atoms with E-state index < -0.39 is 16.5 Å². The average Bonchev–Trinajstić information content (AvgIpc) is 2.40. The van der Waals surface area contributed by atoms with E-state index in [1.807, 2.05) is 0 Å². The first-order valence-electron chi connectivity index (χ1n) is 5.93. The summed E-state index contributed by atoms with van der Waals surface area (Å²) in [5, 5.41) is 0. The van der Waals surface area contributed by atoms with Gasteiger partial charge in [-0.3, -0.25) is 0 Å². The Hall–Kier alpha value is -0.136. The second-order valence-corrected chi connectivity index (χ2v) is 16.3. The van der Waals surface area contributed by atoms with Gasteiger partial charge >= 0.3 is 0 Å². The molecule has 5 heteroatoms. The van der Waals surface area contributed by atoms with Gasteiger partial charge in [0.2, 0.25) is 0 Å². The molecule has 1 aromatic heterocycles. The normalized spacial score (nSPS) is 13.2. The van der Waals surface area contributed by atoms with Crippen molar-refractivity contribution in [2.45, 2.75) is 52.6 Å². The van der Waals surface area contributed by atoms with Crippen molar-refractivity contribution in [2.24, 2.45) is 0 Å². The third kappa shape index (κ3) is 2.57. The van der Waals surface area contributed by atoms with Crippen LogP contribution in [0, 0.1) is 4.77 Å². The van der Waals surface area contributed by atoms with Crippen LogP contribution in [0.5, 0.6) is 0 Å². The van der Waals surface area contributed by atoms with Gasteiger partial charge < -0.3 is 8.47 Å².